The molecular formula is C14H7FN4. The van der Waals surface area contributed by atoms with Gasteiger partial charge in [-0.25, -0.2) is 14.4 Å². The molecule has 4 nitrogen and oxygen atoms in total. The van der Waals surface area contributed by atoms with E-state index >= 15 is 0 Å². The number of halogens is 1. The van der Waals surface area contributed by atoms with Crippen molar-refractivity contribution in [2.24, 2.45) is 20.2 Å². The normalized spacial score (nSPS) is 14.5. The zero-order valence-corrected chi connectivity index (χ0v) is 9.71. The van der Waals surface area contributed by atoms with Crippen LogP contribution < -0.4 is 10.6 Å². The number of amidine groups is 1. The van der Waals surface area contributed by atoms with E-state index in [1.165, 1.54) is 6.07 Å². The summed E-state index contributed by atoms with van der Waals surface area (Å²) >= 11 is 0. The fraction of sp³-hybridized carbons (Fsp3) is 0. The molecule has 2 aromatic rings. The third kappa shape index (κ3) is 1.52. The van der Waals surface area contributed by atoms with Crippen LogP contribution in [0.4, 0.5) is 15.8 Å². The summed E-state index contributed by atoms with van der Waals surface area (Å²) in [7, 11) is 0. The minimum absolute atomic E-state index is 0.323. The van der Waals surface area contributed by atoms with Gasteiger partial charge in [0.25, 0.3) is 0 Å². The molecule has 0 bridgehead atoms. The molecule has 0 fully saturated rings. The van der Waals surface area contributed by atoms with Gasteiger partial charge in [0, 0.05) is 5.22 Å². The van der Waals surface area contributed by atoms with Crippen LogP contribution in [0.2, 0.25) is 0 Å². The van der Waals surface area contributed by atoms with Crippen molar-refractivity contribution >= 4 is 23.4 Å². The zero-order valence-electron chi connectivity index (χ0n) is 9.71. The van der Waals surface area contributed by atoms with Crippen LogP contribution >= 0.6 is 0 Å². The Labute approximate surface area is 107 Å². The summed E-state index contributed by atoms with van der Waals surface area (Å²) < 4.78 is 13.7. The van der Waals surface area contributed by atoms with Gasteiger partial charge in [0.15, 0.2) is 5.84 Å². The third-order valence-electron chi connectivity index (χ3n) is 3.05. The summed E-state index contributed by atoms with van der Waals surface area (Å²) in [6.07, 6.45) is 1.67. The molecule has 0 atom stereocenters. The topological polar surface area (TPSA) is 49.4 Å². The Balaban J connectivity index is 1.91. The number of rotatable bonds is 1. The van der Waals surface area contributed by atoms with Gasteiger partial charge in [0.1, 0.15) is 5.82 Å². The van der Waals surface area contributed by atoms with Crippen molar-refractivity contribution in [3.8, 4) is 0 Å². The van der Waals surface area contributed by atoms with Crippen molar-refractivity contribution in [1.29, 1.82) is 0 Å². The highest BCUT2D eigenvalue weighted by Gasteiger charge is 2.15. The van der Waals surface area contributed by atoms with Crippen LogP contribution in [0.3, 0.4) is 0 Å². The summed E-state index contributed by atoms with van der Waals surface area (Å²) in [5.41, 5.74) is 1.90. The summed E-state index contributed by atoms with van der Waals surface area (Å²) in [5.74, 6) is 0.0744. The first kappa shape index (κ1) is 10.3. The van der Waals surface area contributed by atoms with Gasteiger partial charge in [0.2, 0.25) is 0 Å². The van der Waals surface area contributed by atoms with E-state index in [-0.39, 0.29) is 5.82 Å². The highest BCUT2D eigenvalue weighted by atomic mass is 19.1. The Hall–Kier alpha value is -2.69. The summed E-state index contributed by atoms with van der Waals surface area (Å²) in [5, 5.41) is 9.42. The molecule has 0 saturated heterocycles. The quantitative estimate of drug-likeness (QED) is 0.746. The van der Waals surface area contributed by atoms with Crippen LogP contribution in [0.25, 0.3) is 6.20 Å². The maximum atomic E-state index is 13.7. The number of azo groups is 1. The standard InChI is InChI=1S/C14H7FN4/c15-10-4-2-1-3-9(10)14-17-12-5-8-7-16-19-11(8)6-13(12)18-14/h1-7H. The lowest BCUT2D eigenvalue weighted by molar-refractivity contribution is 0.625. The molecule has 0 amide bonds. The number of benzene rings is 2. The predicted octanol–water partition coefficient (Wildman–Crippen LogP) is 2.37. The average molecular weight is 250 g/mol. The summed E-state index contributed by atoms with van der Waals surface area (Å²) in [4.78, 5) is 8.72. The van der Waals surface area contributed by atoms with E-state index in [0.29, 0.717) is 16.8 Å². The largest absolute Gasteiger partial charge is 0.226 e. The Kier molecular flexibility index (Phi) is 1.97. The van der Waals surface area contributed by atoms with Crippen molar-refractivity contribution in [3.05, 3.63) is 58.4 Å². The molecule has 0 radical (unpaired) electrons. The molecule has 2 aliphatic rings. The fourth-order valence-electron chi connectivity index (χ4n) is 2.12. The van der Waals surface area contributed by atoms with Gasteiger partial charge in [-0.05, 0) is 24.3 Å². The molecule has 19 heavy (non-hydrogen) atoms. The van der Waals surface area contributed by atoms with Gasteiger partial charge in [0.05, 0.1) is 28.5 Å². The molecule has 0 saturated carbocycles. The molecule has 5 heteroatoms. The molecule has 4 rings (SSSR count). The van der Waals surface area contributed by atoms with Gasteiger partial charge >= 0.3 is 0 Å². The van der Waals surface area contributed by atoms with Crippen molar-refractivity contribution in [1.82, 2.24) is 0 Å². The second kappa shape index (κ2) is 3.65. The molecule has 2 aliphatic heterocycles. The first-order chi connectivity index (χ1) is 9.31. The smallest absolute Gasteiger partial charge is 0.163 e. The molecule has 0 N–H and O–H groups in total. The lowest BCUT2D eigenvalue weighted by atomic mass is 10.2. The Morgan fingerprint density at radius 2 is 1.84 bits per heavy atom. The maximum Gasteiger partial charge on any atom is 0.163 e. The molecule has 0 spiro atoms. The molecule has 90 valence electrons. The van der Waals surface area contributed by atoms with Crippen molar-refractivity contribution in [2.45, 2.75) is 0 Å². The van der Waals surface area contributed by atoms with E-state index in [1.54, 1.807) is 24.4 Å². The first-order valence-electron chi connectivity index (χ1n) is 5.79. The monoisotopic (exact) mass is 250 g/mol. The summed E-state index contributed by atoms with van der Waals surface area (Å²) in [6, 6.07) is 10.2. The maximum absolute atomic E-state index is 13.7. The lowest BCUT2D eigenvalue weighted by Gasteiger charge is -1.98. The molecular weight excluding hydrogens is 243 g/mol. The van der Waals surface area contributed by atoms with Crippen LogP contribution in [-0.2, 0) is 0 Å². The average Bonchev–Trinajstić information content (AvgIpc) is 3.01. The first-order valence-corrected chi connectivity index (χ1v) is 5.79. The van der Waals surface area contributed by atoms with Gasteiger partial charge in [-0.1, -0.05) is 12.1 Å². The molecule has 0 aromatic heterocycles. The summed E-state index contributed by atoms with van der Waals surface area (Å²) in [6.45, 7) is 0. The number of fused-ring (bicyclic) bond motifs is 2. The highest BCUT2D eigenvalue weighted by molar-refractivity contribution is 6.03. The number of nitrogens with zero attached hydrogens (tertiary/aromatic N) is 4. The molecule has 0 aliphatic carbocycles. The SMILES string of the molecule is Fc1ccccc1C1=Nc2cc3c(cc2=N1)N=NC=3. The van der Waals surface area contributed by atoms with Gasteiger partial charge in [-0.2, -0.15) is 10.2 Å². The van der Waals surface area contributed by atoms with Crippen molar-refractivity contribution in [2.75, 3.05) is 0 Å². The number of aliphatic imine (C=N–C) groups is 1. The second-order valence-corrected chi connectivity index (χ2v) is 4.27. The van der Waals surface area contributed by atoms with Crippen LogP contribution in [0.15, 0.2) is 56.6 Å². The molecule has 2 aromatic carbocycles. The highest BCUT2D eigenvalue weighted by Crippen LogP contribution is 2.19. The van der Waals surface area contributed by atoms with E-state index < -0.39 is 0 Å². The Morgan fingerprint density at radius 3 is 2.74 bits per heavy atom. The molecule has 2 heterocycles. The van der Waals surface area contributed by atoms with Gasteiger partial charge < -0.3 is 0 Å². The Bertz CT molecular complexity index is 881. The van der Waals surface area contributed by atoms with E-state index in [4.69, 9.17) is 0 Å². The Morgan fingerprint density at radius 1 is 0.947 bits per heavy atom. The third-order valence-corrected chi connectivity index (χ3v) is 3.05. The van der Waals surface area contributed by atoms with Gasteiger partial charge in [-0.15, -0.1) is 0 Å². The minimum atomic E-state index is -0.323. The van der Waals surface area contributed by atoms with E-state index in [0.717, 1.165) is 16.6 Å². The van der Waals surface area contributed by atoms with Crippen LogP contribution in [0, 0.1) is 5.82 Å². The van der Waals surface area contributed by atoms with E-state index in [1.807, 2.05) is 12.1 Å². The minimum Gasteiger partial charge on any atom is -0.226 e. The van der Waals surface area contributed by atoms with Crippen molar-refractivity contribution < 1.29 is 4.39 Å². The number of hydrogen-bond donors (Lipinski definition) is 0. The predicted molar refractivity (Wildman–Crippen MR) is 68.8 cm³/mol. The van der Waals surface area contributed by atoms with Crippen molar-refractivity contribution in [3.63, 3.8) is 0 Å². The second-order valence-electron chi connectivity index (χ2n) is 4.27. The van der Waals surface area contributed by atoms with Crippen LogP contribution in [-0.4, -0.2) is 5.84 Å². The van der Waals surface area contributed by atoms with Crippen LogP contribution in [0.5, 0.6) is 0 Å². The lowest BCUT2D eigenvalue weighted by Crippen LogP contribution is -2.06. The van der Waals surface area contributed by atoms with Crippen LogP contribution in [0.1, 0.15) is 5.56 Å². The van der Waals surface area contributed by atoms with E-state index in [2.05, 4.69) is 20.2 Å². The number of hydrogen-bond acceptors (Lipinski definition) is 4. The zero-order chi connectivity index (χ0) is 12.8. The van der Waals surface area contributed by atoms with E-state index in [9.17, 15) is 4.39 Å². The van der Waals surface area contributed by atoms with Gasteiger partial charge in [-0.3, -0.25) is 0 Å². The molecule has 0 unspecified atom stereocenters. The fourth-order valence-corrected chi connectivity index (χ4v) is 2.12.